The third kappa shape index (κ3) is 4.32. The lowest BCUT2D eigenvalue weighted by molar-refractivity contribution is 0.112. The highest BCUT2D eigenvalue weighted by molar-refractivity contribution is 5.81. The molecule has 2 aromatic carbocycles. The second kappa shape index (κ2) is 9.06. The van der Waals surface area contributed by atoms with Gasteiger partial charge in [0, 0.05) is 24.4 Å². The Bertz CT molecular complexity index is 1240. The molecule has 0 saturated heterocycles. The minimum absolute atomic E-state index is 0.311. The van der Waals surface area contributed by atoms with Gasteiger partial charge in [0.15, 0.2) is 0 Å². The number of hydrogen-bond acceptors (Lipinski definition) is 5. The van der Waals surface area contributed by atoms with Gasteiger partial charge in [0.25, 0.3) is 0 Å². The van der Waals surface area contributed by atoms with Crippen molar-refractivity contribution >= 4 is 17.3 Å². The molecule has 7 heteroatoms. The van der Waals surface area contributed by atoms with Crippen LogP contribution < -0.4 is 10.5 Å². The van der Waals surface area contributed by atoms with Crippen LogP contribution in [0.25, 0.3) is 22.2 Å². The van der Waals surface area contributed by atoms with E-state index in [0.29, 0.717) is 34.9 Å². The standard InChI is InChI=1S/C23H20FN3O2.CH5N/c1-13-9-17(18-6-5-16(12-28)11-19(18)24)10-14(2)22(13)29-23-21-20(7-8-27(21)4)25-15(3)26-23;1-2/h5-12H,1-4H3;2H2,1H3. The van der Waals surface area contributed by atoms with Gasteiger partial charge in [-0.15, -0.1) is 0 Å². The molecule has 4 rings (SSSR count). The molecule has 0 atom stereocenters. The zero-order chi connectivity index (χ0) is 22.7. The van der Waals surface area contributed by atoms with E-state index in [0.717, 1.165) is 27.7 Å². The van der Waals surface area contributed by atoms with E-state index in [-0.39, 0.29) is 0 Å². The fourth-order valence-electron chi connectivity index (χ4n) is 3.54. The van der Waals surface area contributed by atoms with E-state index in [1.54, 1.807) is 12.1 Å². The number of nitrogens with two attached hydrogens (primary N) is 1. The number of benzene rings is 2. The monoisotopic (exact) mass is 420 g/mol. The van der Waals surface area contributed by atoms with Gasteiger partial charge in [-0.2, -0.15) is 4.98 Å². The summed E-state index contributed by atoms with van der Waals surface area (Å²) in [6.07, 6.45) is 2.55. The molecule has 0 aliphatic carbocycles. The van der Waals surface area contributed by atoms with Gasteiger partial charge in [0.1, 0.15) is 29.2 Å². The third-order valence-corrected chi connectivity index (χ3v) is 4.90. The second-order valence-corrected chi connectivity index (χ2v) is 7.13. The minimum atomic E-state index is -0.431. The maximum absolute atomic E-state index is 14.5. The number of ether oxygens (including phenoxy) is 1. The smallest absolute Gasteiger partial charge is 0.247 e. The number of rotatable bonds is 4. The maximum atomic E-state index is 14.5. The molecule has 0 fully saturated rings. The molecule has 0 aliphatic rings. The predicted octanol–water partition coefficient (Wildman–Crippen LogP) is 4.88. The quantitative estimate of drug-likeness (QED) is 0.476. The van der Waals surface area contributed by atoms with Gasteiger partial charge < -0.3 is 15.0 Å². The molecule has 0 unspecified atom stereocenters. The molecule has 2 heterocycles. The fraction of sp³-hybridized carbons (Fsp3) is 0.208. The minimum Gasteiger partial charge on any atom is -0.436 e. The second-order valence-electron chi connectivity index (χ2n) is 7.13. The van der Waals surface area contributed by atoms with Crippen molar-refractivity contribution in [2.24, 2.45) is 12.8 Å². The van der Waals surface area contributed by atoms with Crippen molar-refractivity contribution in [1.82, 2.24) is 14.5 Å². The molecular formula is C24H25FN4O2. The van der Waals surface area contributed by atoms with E-state index in [9.17, 15) is 9.18 Å². The summed E-state index contributed by atoms with van der Waals surface area (Å²) in [4.78, 5) is 19.8. The molecule has 2 aromatic heterocycles. The highest BCUT2D eigenvalue weighted by Crippen LogP contribution is 2.35. The fourth-order valence-corrected chi connectivity index (χ4v) is 3.54. The number of fused-ring (bicyclic) bond motifs is 1. The maximum Gasteiger partial charge on any atom is 0.247 e. The van der Waals surface area contributed by atoms with Crippen LogP contribution in [0.5, 0.6) is 11.6 Å². The van der Waals surface area contributed by atoms with Crippen LogP contribution >= 0.6 is 0 Å². The molecule has 6 nitrogen and oxygen atoms in total. The number of aldehydes is 1. The summed E-state index contributed by atoms with van der Waals surface area (Å²) in [5.74, 6) is 1.36. The highest BCUT2D eigenvalue weighted by Gasteiger charge is 2.16. The zero-order valence-electron chi connectivity index (χ0n) is 18.2. The Hall–Kier alpha value is -3.58. The van der Waals surface area contributed by atoms with Crippen LogP contribution in [0.4, 0.5) is 4.39 Å². The molecule has 160 valence electrons. The van der Waals surface area contributed by atoms with E-state index in [4.69, 9.17) is 4.74 Å². The number of carbonyl (C=O) groups excluding carboxylic acids is 1. The van der Waals surface area contributed by atoms with Gasteiger partial charge in [-0.1, -0.05) is 12.1 Å². The molecular weight excluding hydrogens is 395 g/mol. The number of aryl methyl sites for hydroxylation is 4. The average Bonchev–Trinajstić information content (AvgIpc) is 3.12. The molecule has 0 bridgehead atoms. The summed E-state index contributed by atoms with van der Waals surface area (Å²) in [5, 5.41) is 0. The Labute approximate surface area is 180 Å². The van der Waals surface area contributed by atoms with Crippen LogP contribution in [0.3, 0.4) is 0 Å². The number of hydrogen-bond donors (Lipinski definition) is 1. The average molecular weight is 420 g/mol. The molecule has 2 N–H and O–H groups in total. The van der Waals surface area contributed by atoms with Gasteiger partial charge in [-0.05, 0) is 68.8 Å². The van der Waals surface area contributed by atoms with Gasteiger partial charge >= 0.3 is 0 Å². The normalized spacial score (nSPS) is 10.5. The first-order valence-electron chi connectivity index (χ1n) is 9.79. The van der Waals surface area contributed by atoms with Crippen LogP contribution in [0.15, 0.2) is 42.6 Å². The molecule has 0 aliphatic heterocycles. The van der Waals surface area contributed by atoms with Crippen LogP contribution in [-0.4, -0.2) is 27.9 Å². The first-order valence-corrected chi connectivity index (χ1v) is 9.79. The van der Waals surface area contributed by atoms with Crippen molar-refractivity contribution in [3.8, 4) is 22.8 Å². The van der Waals surface area contributed by atoms with Crippen molar-refractivity contribution in [3.05, 3.63) is 70.9 Å². The summed E-state index contributed by atoms with van der Waals surface area (Å²) in [7, 11) is 3.42. The Morgan fingerprint density at radius 3 is 2.32 bits per heavy atom. The summed E-state index contributed by atoms with van der Waals surface area (Å²) >= 11 is 0. The summed E-state index contributed by atoms with van der Waals surface area (Å²) in [6.45, 7) is 5.66. The lowest BCUT2D eigenvalue weighted by atomic mass is 9.98. The van der Waals surface area contributed by atoms with Crippen LogP contribution in [0.1, 0.15) is 27.3 Å². The predicted molar refractivity (Wildman–Crippen MR) is 120 cm³/mol. The summed E-state index contributed by atoms with van der Waals surface area (Å²) < 4.78 is 22.6. The van der Waals surface area contributed by atoms with E-state index in [1.807, 2.05) is 56.8 Å². The molecule has 0 saturated carbocycles. The van der Waals surface area contributed by atoms with E-state index >= 15 is 0 Å². The molecule has 0 spiro atoms. The number of aromatic nitrogens is 3. The topological polar surface area (TPSA) is 83.0 Å². The molecule has 31 heavy (non-hydrogen) atoms. The number of halogens is 1. The molecule has 0 radical (unpaired) electrons. The summed E-state index contributed by atoms with van der Waals surface area (Å²) in [5.41, 5.74) is 9.33. The van der Waals surface area contributed by atoms with Crippen LogP contribution in [0, 0.1) is 26.6 Å². The largest absolute Gasteiger partial charge is 0.436 e. The highest BCUT2D eigenvalue weighted by atomic mass is 19.1. The van der Waals surface area contributed by atoms with Crippen LogP contribution in [-0.2, 0) is 7.05 Å². The van der Waals surface area contributed by atoms with Crippen molar-refractivity contribution in [2.75, 3.05) is 7.05 Å². The number of nitrogens with zero attached hydrogens (tertiary/aromatic N) is 3. The van der Waals surface area contributed by atoms with Crippen molar-refractivity contribution in [3.63, 3.8) is 0 Å². The Morgan fingerprint density at radius 2 is 1.71 bits per heavy atom. The zero-order valence-corrected chi connectivity index (χ0v) is 18.2. The van der Waals surface area contributed by atoms with E-state index in [1.165, 1.54) is 13.1 Å². The van der Waals surface area contributed by atoms with Gasteiger partial charge in [0.2, 0.25) is 5.88 Å². The number of carbonyl (C=O) groups is 1. The SMILES string of the molecule is CN.Cc1nc(Oc2c(C)cc(-c3ccc(C=O)cc3F)cc2C)c2c(ccn2C)n1. The van der Waals surface area contributed by atoms with E-state index < -0.39 is 5.82 Å². The van der Waals surface area contributed by atoms with Gasteiger partial charge in [0.05, 0.1) is 5.52 Å². The Balaban J connectivity index is 0.00000132. The van der Waals surface area contributed by atoms with Crippen LogP contribution in [0.2, 0.25) is 0 Å². The first-order chi connectivity index (χ1) is 14.9. The molecule has 0 amide bonds. The lowest BCUT2D eigenvalue weighted by Gasteiger charge is -2.15. The van der Waals surface area contributed by atoms with Crippen molar-refractivity contribution in [2.45, 2.75) is 20.8 Å². The van der Waals surface area contributed by atoms with Crippen molar-refractivity contribution in [1.29, 1.82) is 0 Å². The molecule has 4 aromatic rings. The third-order valence-electron chi connectivity index (χ3n) is 4.90. The summed E-state index contributed by atoms with van der Waals surface area (Å²) in [6, 6.07) is 10.1. The lowest BCUT2D eigenvalue weighted by Crippen LogP contribution is -2.00. The van der Waals surface area contributed by atoms with Gasteiger partial charge in [-0.3, -0.25) is 4.79 Å². The van der Waals surface area contributed by atoms with E-state index in [2.05, 4.69) is 15.7 Å². The first kappa shape index (κ1) is 22.1. The van der Waals surface area contributed by atoms with Crippen molar-refractivity contribution < 1.29 is 13.9 Å². The Morgan fingerprint density at radius 1 is 1.03 bits per heavy atom. The van der Waals surface area contributed by atoms with Gasteiger partial charge in [-0.25, -0.2) is 9.37 Å². The Kier molecular flexibility index (Phi) is 6.46.